The first-order valence-corrected chi connectivity index (χ1v) is 7.36. The molecule has 4 nitrogen and oxygen atoms in total. The molecule has 0 unspecified atom stereocenters. The standard InChI is InChI=1S/C19H11FN2O2/c20-15-10-2-1-7-12(15)19(24)22-21-17-13-8-3-5-11-6-4-9-14(16(11)13)18(17)23/h1-10H,(H,22,24)/b21-17+. The first-order valence-electron chi connectivity index (χ1n) is 7.36. The number of hydrogen-bond donors (Lipinski definition) is 1. The number of hydrazone groups is 1. The number of nitrogens with one attached hydrogen (secondary N) is 1. The lowest BCUT2D eigenvalue weighted by Crippen LogP contribution is -2.23. The van der Waals surface area contributed by atoms with E-state index in [9.17, 15) is 14.0 Å². The normalized spacial score (nSPS) is 14.4. The molecule has 1 aliphatic carbocycles. The van der Waals surface area contributed by atoms with Gasteiger partial charge in [-0.05, 0) is 17.5 Å². The Labute approximate surface area is 136 Å². The monoisotopic (exact) mass is 318 g/mol. The number of ketones is 1. The summed E-state index contributed by atoms with van der Waals surface area (Å²) >= 11 is 0. The van der Waals surface area contributed by atoms with Crippen LogP contribution in [0.1, 0.15) is 26.3 Å². The lowest BCUT2D eigenvalue weighted by atomic mass is 10.1. The molecule has 0 fully saturated rings. The second kappa shape index (κ2) is 5.38. The van der Waals surface area contributed by atoms with Gasteiger partial charge in [0.15, 0.2) is 0 Å². The van der Waals surface area contributed by atoms with Crippen LogP contribution in [0, 0.1) is 5.82 Å². The Balaban J connectivity index is 1.73. The molecule has 1 amide bonds. The molecule has 0 heterocycles. The maximum absolute atomic E-state index is 13.6. The third-order valence-electron chi connectivity index (χ3n) is 4.01. The van der Waals surface area contributed by atoms with Crippen molar-refractivity contribution in [3.63, 3.8) is 0 Å². The number of Topliss-reactive ketones (excluding diaryl/α,β-unsaturated/α-hetero) is 1. The van der Waals surface area contributed by atoms with Gasteiger partial charge in [-0.1, -0.05) is 48.5 Å². The predicted molar refractivity (Wildman–Crippen MR) is 88.7 cm³/mol. The Morgan fingerprint density at radius 3 is 2.38 bits per heavy atom. The van der Waals surface area contributed by atoms with Gasteiger partial charge in [-0.25, -0.2) is 9.82 Å². The number of hydrogen-bond acceptors (Lipinski definition) is 3. The van der Waals surface area contributed by atoms with E-state index < -0.39 is 11.7 Å². The van der Waals surface area contributed by atoms with E-state index in [1.807, 2.05) is 18.2 Å². The number of carbonyl (C=O) groups is 2. The summed E-state index contributed by atoms with van der Waals surface area (Å²) < 4.78 is 13.6. The molecule has 0 saturated carbocycles. The third-order valence-corrected chi connectivity index (χ3v) is 4.01. The van der Waals surface area contributed by atoms with Crippen molar-refractivity contribution in [3.8, 4) is 0 Å². The van der Waals surface area contributed by atoms with Gasteiger partial charge in [-0.15, -0.1) is 0 Å². The molecule has 0 spiro atoms. The van der Waals surface area contributed by atoms with Crippen LogP contribution in [-0.2, 0) is 0 Å². The van der Waals surface area contributed by atoms with Crippen LogP contribution in [-0.4, -0.2) is 17.4 Å². The van der Waals surface area contributed by atoms with Crippen molar-refractivity contribution < 1.29 is 14.0 Å². The van der Waals surface area contributed by atoms with Gasteiger partial charge in [0, 0.05) is 16.5 Å². The molecule has 4 rings (SSSR count). The average Bonchev–Trinajstić information content (AvgIpc) is 2.88. The van der Waals surface area contributed by atoms with Crippen molar-refractivity contribution in [1.82, 2.24) is 5.43 Å². The molecule has 24 heavy (non-hydrogen) atoms. The highest BCUT2D eigenvalue weighted by molar-refractivity contribution is 6.59. The first-order chi connectivity index (χ1) is 11.7. The number of rotatable bonds is 2. The van der Waals surface area contributed by atoms with Crippen molar-refractivity contribution in [1.29, 1.82) is 0 Å². The molecule has 0 aromatic heterocycles. The maximum Gasteiger partial charge on any atom is 0.274 e. The quantitative estimate of drug-likeness (QED) is 0.737. The smallest absolute Gasteiger partial charge is 0.274 e. The fourth-order valence-electron chi connectivity index (χ4n) is 2.90. The summed E-state index contributed by atoms with van der Waals surface area (Å²) in [4.78, 5) is 24.6. The van der Waals surface area contributed by atoms with E-state index >= 15 is 0 Å². The Kier molecular flexibility index (Phi) is 3.20. The molecule has 116 valence electrons. The lowest BCUT2D eigenvalue weighted by molar-refractivity contribution is 0.0951. The van der Waals surface area contributed by atoms with Gasteiger partial charge in [0.25, 0.3) is 5.91 Å². The molecule has 0 aliphatic heterocycles. The van der Waals surface area contributed by atoms with Crippen molar-refractivity contribution >= 4 is 28.2 Å². The van der Waals surface area contributed by atoms with Crippen LogP contribution in [0.3, 0.4) is 0 Å². The number of carbonyl (C=O) groups excluding carboxylic acids is 2. The van der Waals surface area contributed by atoms with Crippen molar-refractivity contribution in [2.75, 3.05) is 0 Å². The van der Waals surface area contributed by atoms with Crippen LogP contribution in [0.15, 0.2) is 65.8 Å². The number of halogens is 1. The molecule has 0 bridgehead atoms. The van der Waals surface area contributed by atoms with Gasteiger partial charge in [0.1, 0.15) is 11.5 Å². The number of benzene rings is 3. The van der Waals surface area contributed by atoms with Crippen LogP contribution in [0.2, 0.25) is 0 Å². The summed E-state index contributed by atoms with van der Waals surface area (Å²) in [7, 11) is 0. The molecular weight excluding hydrogens is 307 g/mol. The number of amides is 1. The van der Waals surface area contributed by atoms with Gasteiger partial charge < -0.3 is 0 Å². The predicted octanol–water partition coefficient (Wildman–Crippen LogP) is 3.31. The highest BCUT2D eigenvalue weighted by Crippen LogP contribution is 2.30. The lowest BCUT2D eigenvalue weighted by Gasteiger charge is -2.03. The topological polar surface area (TPSA) is 58.5 Å². The second-order valence-corrected chi connectivity index (χ2v) is 5.42. The van der Waals surface area contributed by atoms with Crippen molar-refractivity contribution in [2.45, 2.75) is 0 Å². The van der Waals surface area contributed by atoms with Gasteiger partial charge in [0.2, 0.25) is 5.78 Å². The zero-order valence-corrected chi connectivity index (χ0v) is 12.4. The van der Waals surface area contributed by atoms with Crippen LogP contribution < -0.4 is 5.43 Å². The van der Waals surface area contributed by atoms with Gasteiger partial charge in [-0.2, -0.15) is 5.10 Å². The summed E-state index contributed by atoms with van der Waals surface area (Å²) in [5.74, 6) is -1.59. The Bertz CT molecular complexity index is 1040. The van der Waals surface area contributed by atoms with Crippen LogP contribution in [0.5, 0.6) is 0 Å². The van der Waals surface area contributed by atoms with Crippen LogP contribution >= 0.6 is 0 Å². The Hall–Kier alpha value is -3.34. The minimum absolute atomic E-state index is 0.122. The van der Waals surface area contributed by atoms with Gasteiger partial charge >= 0.3 is 0 Å². The summed E-state index contributed by atoms with van der Waals surface area (Å²) in [5.41, 5.74) is 3.54. The van der Waals surface area contributed by atoms with E-state index in [1.165, 1.54) is 18.2 Å². The molecule has 0 radical (unpaired) electrons. The molecule has 0 atom stereocenters. The zero-order valence-electron chi connectivity index (χ0n) is 12.4. The highest BCUT2D eigenvalue weighted by Gasteiger charge is 2.29. The minimum Gasteiger partial charge on any atom is -0.287 e. The first kappa shape index (κ1) is 14.3. The van der Waals surface area contributed by atoms with Crippen LogP contribution in [0.25, 0.3) is 10.8 Å². The van der Waals surface area contributed by atoms with Crippen LogP contribution in [0.4, 0.5) is 4.39 Å². The molecule has 0 saturated heterocycles. The summed E-state index contributed by atoms with van der Waals surface area (Å²) in [6, 6.07) is 16.6. The Morgan fingerprint density at radius 2 is 1.62 bits per heavy atom. The molecular formula is C19H11FN2O2. The number of nitrogens with zero attached hydrogens (tertiary/aromatic N) is 1. The second-order valence-electron chi connectivity index (χ2n) is 5.42. The fraction of sp³-hybridized carbons (Fsp3) is 0. The minimum atomic E-state index is -0.698. The third kappa shape index (κ3) is 2.10. The van der Waals surface area contributed by atoms with Gasteiger partial charge in [0.05, 0.1) is 5.56 Å². The zero-order chi connectivity index (χ0) is 16.7. The summed E-state index contributed by atoms with van der Waals surface area (Å²) in [5, 5.41) is 5.72. The Morgan fingerprint density at radius 1 is 0.917 bits per heavy atom. The van der Waals surface area contributed by atoms with E-state index in [1.54, 1.807) is 24.3 Å². The van der Waals surface area contributed by atoms with Gasteiger partial charge in [-0.3, -0.25) is 9.59 Å². The highest BCUT2D eigenvalue weighted by atomic mass is 19.1. The molecule has 3 aromatic carbocycles. The van der Waals surface area contributed by atoms with Crippen molar-refractivity contribution in [3.05, 3.63) is 83.2 Å². The maximum atomic E-state index is 13.6. The van der Waals surface area contributed by atoms with E-state index in [2.05, 4.69) is 10.5 Å². The van der Waals surface area contributed by atoms with E-state index in [0.717, 1.165) is 10.8 Å². The molecule has 1 N–H and O–H groups in total. The summed E-state index contributed by atoms with van der Waals surface area (Å²) in [6.07, 6.45) is 0. The molecule has 5 heteroatoms. The molecule has 3 aromatic rings. The van der Waals surface area contributed by atoms with E-state index in [4.69, 9.17) is 0 Å². The fourth-order valence-corrected chi connectivity index (χ4v) is 2.90. The largest absolute Gasteiger partial charge is 0.287 e. The van der Waals surface area contributed by atoms with E-state index in [-0.39, 0.29) is 17.1 Å². The van der Waals surface area contributed by atoms with E-state index in [0.29, 0.717) is 11.1 Å². The average molecular weight is 318 g/mol. The summed E-state index contributed by atoms with van der Waals surface area (Å²) in [6.45, 7) is 0. The molecule has 1 aliphatic rings. The van der Waals surface area contributed by atoms with Crippen molar-refractivity contribution in [2.24, 2.45) is 5.10 Å². The SMILES string of the molecule is O=C(N/N=C1/C(=O)c2cccc3cccc1c23)c1ccccc1F.